The lowest BCUT2D eigenvalue weighted by atomic mass is 9.74. The van der Waals surface area contributed by atoms with Crippen molar-refractivity contribution < 1.29 is 14.2 Å². The molecule has 1 aliphatic heterocycles. The molecule has 1 aromatic rings. The SMILES string of the molecule is CCCC/C(=C\c1ccc([N+](=O)[O-])cc1)B1OC(C)(C)C(C)(C)O1. The maximum atomic E-state index is 10.8. The number of non-ortho nitro benzene ring substituents is 1. The Labute approximate surface area is 144 Å². The average Bonchev–Trinajstić information content (AvgIpc) is 2.72. The molecule has 0 atom stereocenters. The van der Waals surface area contributed by atoms with E-state index in [1.54, 1.807) is 12.1 Å². The van der Waals surface area contributed by atoms with Gasteiger partial charge in [0.25, 0.3) is 5.69 Å². The molecule has 5 nitrogen and oxygen atoms in total. The highest BCUT2D eigenvalue weighted by Crippen LogP contribution is 2.39. The number of unbranched alkanes of at least 4 members (excludes halogenated alkanes) is 1. The largest absolute Gasteiger partial charge is 0.490 e. The molecule has 1 aliphatic rings. The van der Waals surface area contributed by atoms with Crippen molar-refractivity contribution in [2.45, 2.75) is 65.1 Å². The standard InChI is InChI=1S/C18H26BNO4/c1-6-7-8-15(19-23-17(2,3)18(4,5)24-19)13-14-9-11-16(12-10-14)20(21)22/h9-13H,6-8H2,1-5H3/b15-13+. The molecule has 0 bridgehead atoms. The number of nitro groups is 1. The number of nitro benzene ring substituents is 1. The zero-order chi connectivity index (χ0) is 18.0. The van der Waals surface area contributed by atoms with Gasteiger partial charge in [-0.05, 0) is 57.3 Å². The number of nitrogens with zero attached hydrogens (tertiary/aromatic N) is 1. The third-order valence-corrected chi connectivity index (χ3v) is 4.83. The first-order chi connectivity index (χ1) is 11.2. The molecule has 0 spiro atoms. The van der Waals surface area contributed by atoms with Crippen molar-refractivity contribution in [1.29, 1.82) is 0 Å². The Morgan fingerprint density at radius 1 is 1.17 bits per heavy atom. The molecule has 24 heavy (non-hydrogen) atoms. The van der Waals surface area contributed by atoms with E-state index < -0.39 is 0 Å². The fourth-order valence-electron chi connectivity index (χ4n) is 2.54. The minimum atomic E-state index is -0.389. The van der Waals surface area contributed by atoms with Crippen molar-refractivity contribution in [1.82, 2.24) is 0 Å². The van der Waals surface area contributed by atoms with Crippen molar-refractivity contribution in [3.63, 3.8) is 0 Å². The van der Waals surface area contributed by atoms with E-state index in [1.807, 2.05) is 33.8 Å². The second-order valence-corrected chi connectivity index (χ2v) is 7.26. The van der Waals surface area contributed by atoms with Gasteiger partial charge in [-0.1, -0.05) is 25.8 Å². The Hall–Kier alpha value is -1.66. The Bertz CT molecular complexity index is 606. The van der Waals surface area contributed by atoms with E-state index in [1.165, 1.54) is 12.1 Å². The van der Waals surface area contributed by atoms with Crippen molar-refractivity contribution in [2.24, 2.45) is 0 Å². The highest BCUT2D eigenvalue weighted by atomic mass is 16.7. The summed E-state index contributed by atoms with van der Waals surface area (Å²) >= 11 is 0. The summed E-state index contributed by atoms with van der Waals surface area (Å²) in [5.74, 6) is 0. The van der Waals surface area contributed by atoms with Gasteiger partial charge in [0.05, 0.1) is 16.1 Å². The first-order valence-electron chi connectivity index (χ1n) is 8.47. The van der Waals surface area contributed by atoms with E-state index in [4.69, 9.17) is 9.31 Å². The molecule has 0 aliphatic carbocycles. The summed E-state index contributed by atoms with van der Waals surface area (Å²) in [7, 11) is -0.378. The van der Waals surface area contributed by atoms with Crippen LogP contribution in [0.2, 0.25) is 0 Å². The Kier molecular flexibility index (Phi) is 5.50. The average molecular weight is 331 g/mol. The minimum absolute atomic E-state index is 0.0953. The zero-order valence-electron chi connectivity index (χ0n) is 15.2. The summed E-state index contributed by atoms with van der Waals surface area (Å²) in [5, 5.41) is 10.8. The lowest BCUT2D eigenvalue weighted by Gasteiger charge is -2.32. The van der Waals surface area contributed by atoms with Gasteiger partial charge in [-0.3, -0.25) is 10.1 Å². The van der Waals surface area contributed by atoms with Crippen LogP contribution in [0.3, 0.4) is 0 Å². The van der Waals surface area contributed by atoms with Gasteiger partial charge in [-0.2, -0.15) is 0 Å². The molecular formula is C18H26BNO4. The summed E-state index contributed by atoms with van der Waals surface area (Å²) < 4.78 is 12.3. The number of allylic oxidation sites excluding steroid dienone is 1. The summed E-state index contributed by atoms with van der Waals surface area (Å²) in [4.78, 5) is 10.4. The van der Waals surface area contributed by atoms with E-state index in [0.717, 1.165) is 30.3 Å². The molecule has 0 saturated carbocycles. The maximum absolute atomic E-state index is 10.8. The number of hydrogen-bond donors (Lipinski definition) is 0. The van der Waals surface area contributed by atoms with E-state index in [-0.39, 0.29) is 28.9 Å². The van der Waals surface area contributed by atoms with Crippen molar-refractivity contribution in [3.8, 4) is 0 Å². The topological polar surface area (TPSA) is 61.6 Å². The van der Waals surface area contributed by atoms with Crippen LogP contribution in [0.4, 0.5) is 5.69 Å². The van der Waals surface area contributed by atoms with Gasteiger partial charge in [0, 0.05) is 12.1 Å². The lowest BCUT2D eigenvalue weighted by Crippen LogP contribution is -2.41. The highest BCUT2D eigenvalue weighted by Gasteiger charge is 2.52. The molecule has 0 amide bonds. The first kappa shape index (κ1) is 18.7. The Morgan fingerprint density at radius 3 is 2.17 bits per heavy atom. The van der Waals surface area contributed by atoms with Crippen LogP contribution in [0.1, 0.15) is 59.4 Å². The number of rotatable bonds is 6. The van der Waals surface area contributed by atoms with Gasteiger partial charge < -0.3 is 9.31 Å². The molecule has 6 heteroatoms. The smallest absolute Gasteiger partial charge is 0.400 e. The molecule has 0 aromatic heterocycles. The maximum Gasteiger partial charge on any atom is 0.490 e. The van der Waals surface area contributed by atoms with Crippen LogP contribution in [0.5, 0.6) is 0 Å². The van der Waals surface area contributed by atoms with Crippen LogP contribution in [-0.2, 0) is 9.31 Å². The second kappa shape index (κ2) is 7.07. The predicted molar refractivity (Wildman–Crippen MR) is 96.7 cm³/mol. The van der Waals surface area contributed by atoms with Crippen molar-refractivity contribution in [2.75, 3.05) is 0 Å². The summed E-state index contributed by atoms with van der Waals surface area (Å²) in [6.07, 6.45) is 5.03. The van der Waals surface area contributed by atoms with Crippen molar-refractivity contribution in [3.05, 3.63) is 45.4 Å². The fourth-order valence-corrected chi connectivity index (χ4v) is 2.54. The monoisotopic (exact) mass is 331 g/mol. The minimum Gasteiger partial charge on any atom is -0.400 e. The van der Waals surface area contributed by atoms with Gasteiger partial charge in [0.2, 0.25) is 0 Å². The number of hydrogen-bond acceptors (Lipinski definition) is 4. The molecule has 1 fully saturated rings. The van der Waals surface area contributed by atoms with E-state index in [9.17, 15) is 10.1 Å². The lowest BCUT2D eigenvalue weighted by molar-refractivity contribution is -0.384. The van der Waals surface area contributed by atoms with Crippen LogP contribution in [0.25, 0.3) is 6.08 Å². The Balaban J connectivity index is 2.26. The fraction of sp³-hybridized carbons (Fsp3) is 0.556. The van der Waals surface area contributed by atoms with Gasteiger partial charge in [-0.15, -0.1) is 0 Å². The third-order valence-electron chi connectivity index (χ3n) is 4.83. The van der Waals surface area contributed by atoms with Gasteiger partial charge in [-0.25, -0.2) is 0 Å². The summed E-state index contributed by atoms with van der Waals surface area (Å²) in [6, 6.07) is 6.56. The summed E-state index contributed by atoms with van der Waals surface area (Å²) in [6.45, 7) is 10.3. The van der Waals surface area contributed by atoms with Crippen LogP contribution in [0, 0.1) is 10.1 Å². The predicted octanol–water partition coefficient (Wildman–Crippen LogP) is 4.80. The van der Waals surface area contributed by atoms with Crippen molar-refractivity contribution >= 4 is 18.9 Å². The Morgan fingerprint density at radius 2 is 1.71 bits per heavy atom. The molecule has 1 saturated heterocycles. The van der Waals surface area contributed by atoms with E-state index in [2.05, 4.69) is 6.92 Å². The number of benzene rings is 1. The van der Waals surface area contributed by atoms with Crippen LogP contribution in [-0.4, -0.2) is 23.2 Å². The molecule has 0 radical (unpaired) electrons. The molecule has 130 valence electrons. The molecule has 2 rings (SSSR count). The van der Waals surface area contributed by atoms with Gasteiger partial charge in [0.15, 0.2) is 0 Å². The molecule has 0 unspecified atom stereocenters. The zero-order valence-corrected chi connectivity index (χ0v) is 15.2. The van der Waals surface area contributed by atoms with Crippen LogP contribution < -0.4 is 0 Å². The highest BCUT2D eigenvalue weighted by molar-refractivity contribution is 6.55. The van der Waals surface area contributed by atoms with E-state index >= 15 is 0 Å². The summed E-state index contributed by atoms with van der Waals surface area (Å²) in [5.41, 5.74) is 1.33. The van der Waals surface area contributed by atoms with Gasteiger partial charge >= 0.3 is 7.12 Å². The normalized spacial score (nSPS) is 19.5. The molecule has 0 N–H and O–H groups in total. The first-order valence-corrected chi connectivity index (χ1v) is 8.47. The van der Waals surface area contributed by atoms with E-state index in [0.29, 0.717) is 0 Å². The third kappa shape index (κ3) is 4.05. The van der Waals surface area contributed by atoms with Crippen LogP contribution in [0.15, 0.2) is 29.7 Å². The quantitative estimate of drug-likeness (QED) is 0.427. The molecule has 1 heterocycles. The van der Waals surface area contributed by atoms with Crippen LogP contribution >= 0.6 is 0 Å². The molecular weight excluding hydrogens is 305 g/mol. The molecule has 1 aromatic carbocycles. The van der Waals surface area contributed by atoms with Gasteiger partial charge in [0.1, 0.15) is 0 Å². The second-order valence-electron chi connectivity index (χ2n) is 7.26.